The largest absolute Gasteiger partial charge is 0.507 e. The molecular weight excluding hydrogens is 440 g/mol. The standard InChI is InChI=1S/C18H12BrClN2O3S/c1-9-6-11(19)2-4-14(9)22-17(25)13(16(24)21-18(22)26)8-10-7-12(20)3-5-15(10)23/h2-8,23H,1H3,(H,21,24,26)/b13-8-. The summed E-state index contributed by atoms with van der Waals surface area (Å²) in [5, 5.41) is 12.8. The van der Waals surface area contributed by atoms with E-state index in [-0.39, 0.29) is 22.0 Å². The maximum Gasteiger partial charge on any atom is 0.270 e. The average Bonchev–Trinajstić information content (AvgIpc) is 2.56. The number of carbonyl (C=O) groups is 2. The Kier molecular flexibility index (Phi) is 5.13. The number of aryl methyl sites for hydroxylation is 1. The van der Waals surface area contributed by atoms with Crippen molar-refractivity contribution in [2.45, 2.75) is 6.92 Å². The third-order valence-corrected chi connectivity index (χ3v) is 4.80. The van der Waals surface area contributed by atoms with Crippen molar-refractivity contribution in [1.82, 2.24) is 5.32 Å². The molecular formula is C18H12BrClN2O3S. The zero-order chi connectivity index (χ0) is 19.0. The summed E-state index contributed by atoms with van der Waals surface area (Å²) >= 11 is 14.5. The van der Waals surface area contributed by atoms with Crippen LogP contribution in [0.2, 0.25) is 5.02 Å². The van der Waals surface area contributed by atoms with Crippen LogP contribution in [0.25, 0.3) is 6.08 Å². The predicted octanol–water partition coefficient (Wildman–Crippen LogP) is 3.95. The van der Waals surface area contributed by atoms with E-state index >= 15 is 0 Å². The molecule has 5 nitrogen and oxygen atoms in total. The van der Waals surface area contributed by atoms with Gasteiger partial charge >= 0.3 is 0 Å². The van der Waals surface area contributed by atoms with Crippen LogP contribution in [0.5, 0.6) is 5.75 Å². The maximum absolute atomic E-state index is 13.0. The van der Waals surface area contributed by atoms with E-state index in [9.17, 15) is 14.7 Å². The van der Waals surface area contributed by atoms with E-state index in [1.54, 1.807) is 12.1 Å². The van der Waals surface area contributed by atoms with Crippen LogP contribution in [-0.2, 0) is 9.59 Å². The Morgan fingerprint density at radius 1 is 1.23 bits per heavy atom. The minimum absolute atomic E-state index is 0.00196. The van der Waals surface area contributed by atoms with Crippen LogP contribution in [0.15, 0.2) is 46.4 Å². The summed E-state index contributed by atoms with van der Waals surface area (Å²) in [6.07, 6.45) is 1.29. The Morgan fingerprint density at radius 2 is 1.96 bits per heavy atom. The number of rotatable bonds is 2. The van der Waals surface area contributed by atoms with Crippen LogP contribution < -0.4 is 10.2 Å². The molecule has 2 aromatic carbocycles. The molecule has 0 unspecified atom stereocenters. The lowest BCUT2D eigenvalue weighted by Gasteiger charge is -2.30. The van der Waals surface area contributed by atoms with Crippen LogP contribution in [0, 0.1) is 6.92 Å². The van der Waals surface area contributed by atoms with E-state index in [4.69, 9.17) is 23.8 Å². The van der Waals surface area contributed by atoms with E-state index in [2.05, 4.69) is 21.2 Å². The Morgan fingerprint density at radius 3 is 2.65 bits per heavy atom. The van der Waals surface area contributed by atoms with Crippen molar-refractivity contribution in [2.24, 2.45) is 0 Å². The molecule has 0 spiro atoms. The number of aromatic hydroxyl groups is 1. The Bertz CT molecular complexity index is 990. The molecule has 0 bridgehead atoms. The highest BCUT2D eigenvalue weighted by atomic mass is 79.9. The predicted molar refractivity (Wildman–Crippen MR) is 108 cm³/mol. The summed E-state index contributed by atoms with van der Waals surface area (Å²) in [6, 6.07) is 9.71. The molecule has 2 amide bonds. The summed E-state index contributed by atoms with van der Waals surface area (Å²) in [5.41, 5.74) is 1.47. The zero-order valence-corrected chi connectivity index (χ0v) is 16.6. The van der Waals surface area contributed by atoms with Crippen molar-refractivity contribution in [3.8, 4) is 5.75 Å². The van der Waals surface area contributed by atoms with Crippen molar-refractivity contribution in [1.29, 1.82) is 0 Å². The lowest BCUT2D eigenvalue weighted by atomic mass is 10.1. The average molecular weight is 452 g/mol. The Hall–Kier alpha value is -2.22. The molecule has 8 heteroatoms. The van der Waals surface area contributed by atoms with Crippen molar-refractivity contribution < 1.29 is 14.7 Å². The first-order chi connectivity index (χ1) is 12.3. The number of phenolic OH excluding ortho intramolecular Hbond substituents is 1. The number of hydrogen-bond donors (Lipinski definition) is 2. The van der Waals surface area contributed by atoms with E-state index in [1.807, 2.05) is 13.0 Å². The van der Waals surface area contributed by atoms with Crippen LogP contribution in [-0.4, -0.2) is 22.0 Å². The highest BCUT2D eigenvalue weighted by Gasteiger charge is 2.35. The molecule has 0 aromatic heterocycles. The molecule has 1 aliphatic rings. The fourth-order valence-electron chi connectivity index (χ4n) is 2.54. The molecule has 3 rings (SSSR count). The number of carbonyl (C=O) groups excluding carboxylic acids is 2. The van der Waals surface area contributed by atoms with Crippen molar-refractivity contribution in [3.63, 3.8) is 0 Å². The van der Waals surface area contributed by atoms with Crippen molar-refractivity contribution >= 4 is 68.4 Å². The highest BCUT2D eigenvalue weighted by Crippen LogP contribution is 2.29. The third-order valence-electron chi connectivity index (χ3n) is 3.79. The highest BCUT2D eigenvalue weighted by molar-refractivity contribution is 9.10. The fourth-order valence-corrected chi connectivity index (χ4v) is 3.47. The van der Waals surface area contributed by atoms with Crippen LogP contribution in [0.3, 0.4) is 0 Å². The number of nitrogens with zero attached hydrogens (tertiary/aromatic N) is 1. The minimum atomic E-state index is -0.634. The van der Waals surface area contributed by atoms with Gasteiger partial charge in [-0.25, -0.2) is 0 Å². The van der Waals surface area contributed by atoms with E-state index in [0.29, 0.717) is 10.7 Å². The first-order valence-electron chi connectivity index (χ1n) is 7.44. The van der Waals surface area contributed by atoms with Crippen molar-refractivity contribution in [3.05, 3.63) is 62.6 Å². The molecule has 1 fully saturated rings. The summed E-state index contributed by atoms with van der Waals surface area (Å²) in [6.45, 7) is 1.83. The summed E-state index contributed by atoms with van der Waals surface area (Å²) in [7, 11) is 0. The van der Waals surface area contributed by atoms with Gasteiger partial charge in [-0.1, -0.05) is 27.5 Å². The normalized spacial score (nSPS) is 16.2. The summed E-state index contributed by atoms with van der Waals surface area (Å²) in [5.74, 6) is -1.31. The van der Waals surface area contributed by atoms with Crippen LogP contribution in [0.1, 0.15) is 11.1 Å². The molecule has 1 aliphatic heterocycles. The molecule has 0 atom stereocenters. The first-order valence-corrected chi connectivity index (χ1v) is 9.02. The molecule has 0 radical (unpaired) electrons. The molecule has 2 aromatic rings. The number of halogens is 2. The number of hydrogen-bond acceptors (Lipinski definition) is 4. The molecule has 2 N–H and O–H groups in total. The number of thiocarbonyl (C=S) groups is 1. The number of phenols is 1. The van der Waals surface area contributed by atoms with Gasteiger partial charge < -0.3 is 5.11 Å². The summed E-state index contributed by atoms with van der Waals surface area (Å²) in [4.78, 5) is 26.5. The number of anilines is 1. The molecule has 1 saturated heterocycles. The number of amides is 2. The van der Waals surface area contributed by atoms with Gasteiger partial charge in [-0.3, -0.25) is 19.8 Å². The van der Waals surface area contributed by atoms with E-state index in [1.165, 1.54) is 29.2 Å². The molecule has 0 aliphatic carbocycles. The van der Waals surface area contributed by atoms with Gasteiger partial charge in [0.25, 0.3) is 11.8 Å². The maximum atomic E-state index is 13.0. The second-order valence-electron chi connectivity index (χ2n) is 5.59. The lowest BCUT2D eigenvalue weighted by molar-refractivity contribution is -0.122. The van der Waals surface area contributed by atoms with Gasteiger partial charge in [0, 0.05) is 15.1 Å². The lowest BCUT2D eigenvalue weighted by Crippen LogP contribution is -2.54. The second-order valence-corrected chi connectivity index (χ2v) is 7.33. The quantitative estimate of drug-likeness (QED) is 0.412. The fraction of sp³-hybridized carbons (Fsp3) is 0.0556. The van der Waals surface area contributed by atoms with Gasteiger partial charge in [-0.05, 0) is 67.2 Å². The van der Waals surface area contributed by atoms with Crippen molar-refractivity contribution in [2.75, 3.05) is 4.90 Å². The summed E-state index contributed by atoms with van der Waals surface area (Å²) < 4.78 is 0.859. The van der Waals surface area contributed by atoms with Gasteiger partial charge in [-0.15, -0.1) is 0 Å². The molecule has 1 heterocycles. The molecule has 0 saturated carbocycles. The van der Waals surface area contributed by atoms with Gasteiger partial charge in [0.2, 0.25) is 0 Å². The minimum Gasteiger partial charge on any atom is -0.507 e. The first kappa shape index (κ1) is 18.6. The molecule has 132 valence electrons. The van der Waals surface area contributed by atoms with E-state index in [0.717, 1.165) is 10.0 Å². The smallest absolute Gasteiger partial charge is 0.270 e. The topological polar surface area (TPSA) is 69.6 Å². The van der Waals surface area contributed by atoms with E-state index < -0.39 is 11.8 Å². The van der Waals surface area contributed by atoms with Gasteiger partial charge in [0.05, 0.1) is 5.69 Å². The third kappa shape index (κ3) is 3.51. The monoisotopic (exact) mass is 450 g/mol. The number of benzene rings is 2. The van der Waals surface area contributed by atoms with Gasteiger partial charge in [0.15, 0.2) is 5.11 Å². The number of nitrogens with one attached hydrogen (secondary N) is 1. The Labute approximate surface area is 168 Å². The van der Waals surface area contributed by atoms with Crippen LogP contribution >= 0.6 is 39.7 Å². The zero-order valence-electron chi connectivity index (χ0n) is 13.4. The Balaban J connectivity index is 2.08. The van der Waals surface area contributed by atoms with Gasteiger partial charge in [-0.2, -0.15) is 0 Å². The van der Waals surface area contributed by atoms with Gasteiger partial charge in [0.1, 0.15) is 11.3 Å². The SMILES string of the molecule is Cc1cc(Br)ccc1N1C(=O)/C(=C\c2cc(Cl)ccc2O)C(=O)NC1=S. The molecule has 26 heavy (non-hydrogen) atoms. The second kappa shape index (κ2) is 7.19. The van der Waals surface area contributed by atoms with Crippen LogP contribution in [0.4, 0.5) is 5.69 Å².